The van der Waals surface area contributed by atoms with Gasteiger partial charge in [0.25, 0.3) is 0 Å². The first-order valence-electron chi connectivity index (χ1n) is 6.13. The van der Waals surface area contributed by atoms with Crippen LogP contribution in [0.4, 0.5) is 0 Å². The Labute approximate surface area is 120 Å². The van der Waals surface area contributed by atoms with Gasteiger partial charge in [-0.25, -0.2) is 0 Å². The molecule has 0 saturated carbocycles. The van der Waals surface area contributed by atoms with Crippen molar-refractivity contribution in [1.29, 1.82) is 0 Å². The minimum atomic E-state index is -0.451. The van der Waals surface area contributed by atoms with Crippen LogP contribution in [0, 0.1) is 0 Å². The van der Waals surface area contributed by atoms with Gasteiger partial charge in [-0.3, -0.25) is 4.68 Å². The highest BCUT2D eigenvalue weighted by Crippen LogP contribution is 2.29. The van der Waals surface area contributed by atoms with E-state index in [1.165, 1.54) is 0 Å². The van der Waals surface area contributed by atoms with Crippen LogP contribution in [0.25, 0.3) is 0 Å². The van der Waals surface area contributed by atoms with Gasteiger partial charge in [0.2, 0.25) is 0 Å². The molecule has 1 atom stereocenters. The maximum atomic E-state index is 10.2. The highest BCUT2D eigenvalue weighted by Gasteiger charge is 2.14. The van der Waals surface area contributed by atoms with Gasteiger partial charge in [0, 0.05) is 23.5 Å². The van der Waals surface area contributed by atoms with E-state index in [0.29, 0.717) is 6.42 Å². The molecule has 3 nitrogen and oxygen atoms in total. The fraction of sp³-hybridized carbons (Fsp3) is 0.462. The Kier molecular flexibility index (Phi) is 4.59. The molecule has 1 unspecified atom stereocenters. The predicted molar refractivity (Wildman–Crippen MR) is 78.0 cm³/mol. The van der Waals surface area contributed by atoms with Crippen molar-refractivity contribution in [2.45, 2.75) is 39.3 Å². The smallest absolute Gasteiger partial charge is 0.0937 e. The second-order valence-electron chi connectivity index (χ2n) is 4.16. The largest absolute Gasteiger partial charge is 0.387 e. The molecule has 98 valence electrons. The molecule has 1 N–H and O–H groups in total. The van der Waals surface area contributed by atoms with E-state index < -0.39 is 6.10 Å². The summed E-state index contributed by atoms with van der Waals surface area (Å²) in [6.07, 6.45) is 1.10. The molecular weight excluding hydrogens is 312 g/mol. The van der Waals surface area contributed by atoms with Gasteiger partial charge in [-0.2, -0.15) is 5.10 Å². The summed E-state index contributed by atoms with van der Waals surface area (Å²) in [7, 11) is 0. The quantitative estimate of drug-likeness (QED) is 0.911. The van der Waals surface area contributed by atoms with Crippen LogP contribution in [-0.4, -0.2) is 14.9 Å². The van der Waals surface area contributed by atoms with Gasteiger partial charge in [-0.05, 0) is 47.5 Å². The van der Waals surface area contributed by atoms with Gasteiger partial charge in [0.1, 0.15) is 0 Å². The summed E-state index contributed by atoms with van der Waals surface area (Å²) in [6.45, 7) is 5.01. The van der Waals surface area contributed by atoms with Crippen molar-refractivity contribution >= 4 is 27.3 Å². The summed E-state index contributed by atoms with van der Waals surface area (Å²) in [4.78, 5) is 0.990. The monoisotopic (exact) mass is 328 g/mol. The summed E-state index contributed by atoms with van der Waals surface area (Å²) in [5.41, 5.74) is 2.19. The van der Waals surface area contributed by atoms with Gasteiger partial charge < -0.3 is 5.11 Å². The first-order valence-corrected chi connectivity index (χ1v) is 7.73. The number of aliphatic hydroxyl groups excluding tert-OH is 1. The summed E-state index contributed by atoms with van der Waals surface area (Å²) in [5.74, 6) is 0. The Hall–Kier alpha value is -0.650. The Balaban J connectivity index is 2.15. The van der Waals surface area contributed by atoms with Crippen LogP contribution in [0.5, 0.6) is 0 Å². The van der Waals surface area contributed by atoms with Gasteiger partial charge in [-0.1, -0.05) is 6.92 Å². The average Bonchev–Trinajstić information content (AvgIpc) is 2.95. The Morgan fingerprint density at radius 1 is 1.44 bits per heavy atom. The molecule has 0 saturated heterocycles. The number of hydrogen-bond donors (Lipinski definition) is 1. The van der Waals surface area contributed by atoms with Gasteiger partial charge >= 0.3 is 0 Å². The zero-order valence-corrected chi connectivity index (χ0v) is 13.0. The minimum absolute atomic E-state index is 0.451. The summed E-state index contributed by atoms with van der Waals surface area (Å²) in [5, 5.41) is 14.7. The second-order valence-corrected chi connectivity index (χ2v) is 6.65. The molecular formula is C13H17BrN2OS. The van der Waals surface area contributed by atoms with E-state index >= 15 is 0 Å². The third-order valence-electron chi connectivity index (χ3n) is 2.90. The predicted octanol–water partition coefficient (Wildman–Crippen LogP) is 3.57. The third-order valence-corrected chi connectivity index (χ3v) is 4.63. The lowest BCUT2D eigenvalue weighted by Crippen LogP contribution is -2.07. The van der Waals surface area contributed by atoms with Crippen molar-refractivity contribution in [2.24, 2.45) is 0 Å². The number of nitrogens with zero attached hydrogens (tertiary/aromatic N) is 2. The standard InChI is InChI=1S/C13H17BrN2OS/c1-3-9-7-10(16(4-2)15-9)8-11(17)12-5-6-13(14)18-12/h5-7,11,17H,3-4,8H2,1-2H3. The topological polar surface area (TPSA) is 38.0 Å². The van der Waals surface area contributed by atoms with Crippen LogP contribution in [-0.2, 0) is 19.4 Å². The molecule has 0 bridgehead atoms. The van der Waals surface area contributed by atoms with Gasteiger partial charge in [-0.15, -0.1) is 11.3 Å². The normalized spacial score (nSPS) is 12.9. The molecule has 0 radical (unpaired) electrons. The lowest BCUT2D eigenvalue weighted by molar-refractivity contribution is 0.179. The van der Waals surface area contributed by atoms with Crippen molar-refractivity contribution in [2.75, 3.05) is 0 Å². The number of aromatic nitrogens is 2. The first-order chi connectivity index (χ1) is 8.63. The number of thiophene rings is 1. The molecule has 0 amide bonds. The number of hydrogen-bond acceptors (Lipinski definition) is 3. The zero-order chi connectivity index (χ0) is 13.1. The van der Waals surface area contributed by atoms with Crippen LogP contribution in [0.2, 0.25) is 0 Å². The highest BCUT2D eigenvalue weighted by molar-refractivity contribution is 9.11. The maximum Gasteiger partial charge on any atom is 0.0937 e. The summed E-state index contributed by atoms with van der Waals surface area (Å²) in [6, 6.07) is 6.03. The van der Waals surface area contributed by atoms with E-state index in [4.69, 9.17) is 0 Å². The lowest BCUT2D eigenvalue weighted by Gasteiger charge is -2.09. The number of aliphatic hydroxyl groups is 1. The minimum Gasteiger partial charge on any atom is -0.387 e. The SMILES string of the molecule is CCc1cc(CC(O)c2ccc(Br)s2)n(CC)n1. The molecule has 2 heterocycles. The average molecular weight is 329 g/mol. The zero-order valence-electron chi connectivity index (χ0n) is 10.6. The summed E-state index contributed by atoms with van der Waals surface area (Å²) >= 11 is 5.00. The molecule has 2 aromatic heterocycles. The second kappa shape index (κ2) is 5.99. The van der Waals surface area contributed by atoms with Crippen LogP contribution in [0.1, 0.15) is 36.2 Å². The van der Waals surface area contributed by atoms with Gasteiger partial charge in [0.15, 0.2) is 0 Å². The third kappa shape index (κ3) is 3.02. The van der Waals surface area contributed by atoms with E-state index in [1.54, 1.807) is 11.3 Å². The van der Waals surface area contributed by atoms with Crippen molar-refractivity contribution in [3.8, 4) is 0 Å². The molecule has 0 spiro atoms. The van der Waals surface area contributed by atoms with Crippen molar-refractivity contribution < 1.29 is 5.11 Å². The Bertz CT molecular complexity index is 521. The highest BCUT2D eigenvalue weighted by atomic mass is 79.9. The molecule has 18 heavy (non-hydrogen) atoms. The number of rotatable bonds is 5. The van der Waals surface area contributed by atoms with E-state index in [1.807, 2.05) is 16.8 Å². The molecule has 5 heteroatoms. The van der Waals surface area contributed by atoms with Crippen LogP contribution in [0.15, 0.2) is 22.0 Å². The molecule has 0 fully saturated rings. The van der Waals surface area contributed by atoms with Gasteiger partial charge in [0.05, 0.1) is 15.6 Å². The Morgan fingerprint density at radius 3 is 2.78 bits per heavy atom. The van der Waals surface area contributed by atoms with Crippen molar-refractivity contribution in [1.82, 2.24) is 9.78 Å². The Morgan fingerprint density at radius 2 is 2.22 bits per heavy atom. The lowest BCUT2D eigenvalue weighted by atomic mass is 10.1. The maximum absolute atomic E-state index is 10.2. The summed E-state index contributed by atoms with van der Waals surface area (Å²) < 4.78 is 3.03. The molecule has 0 aliphatic rings. The number of aryl methyl sites for hydroxylation is 2. The van der Waals surface area contributed by atoms with E-state index in [0.717, 1.165) is 33.0 Å². The fourth-order valence-electron chi connectivity index (χ4n) is 1.93. The van der Waals surface area contributed by atoms with Crippen LogP contribution >= 0.6 is 27.3 Å². The number of halogens is 1. The van der Waals surface area contributed by atoms with E-state index in [-0.39, 0.29) is 0 Å². The molecule has 2 aromatic rings. The van der Waals surface area contributed by atoms with Crippen LogP contribution < -0.4 is 0 Å². The van der Waals surface area contributed by atoms with Crippen molar-refractivity contribution in [3.05, 3.63) is 38.3 Å². The first kappa shape index (κ1) is 13.8. The molecule has 0 aliphatic heterocycles. The van der Waals surface area contributed by atoms with E-state index in [9.17, 15) is 5.11 Å². The van der Waals surface area contributed by atoms with E-state index in [2.05, 4.69) is 40.9 Å². The van der Waals surface area contributed by atoms with Crippen molar-refractivity contribution in [3.63, 3.8) is 0 Å². The van der Waals surface area contributed by atoms with Crippen LogP contribution in [0.3, 0.4) is 0 Å². The fourth-order valence-corrected chi connectivity index (χ4v) is 3.34. The molecule has 0 aromatic carbocycles. The molecule has 0 aliphatic carbocycles. The molecule has 2 rings (SSSR count).